The number of nitrogens with zero attached hydrogens (tertiary/aromatic N) is 1. The van der Waals surface area contributed by atoms with Crippen LogP contribution in [0.4, 0.5) is 11.4 Å². The molecule has 2 aromatic carbocycles. The molecule has 4 heteroatoms. The first kappa shape index (κ1) is 13.0. The molecule has 2 aromatic rings. The molecule has 0 fully saturated rings. The van der Waals surface area contributed by atoms with E-state index in [-0.39, 0.29) is 11.7 Å². The molecule has 0 unspecified atom stereocenters. The number of anilines is 2. The average Bonchev–Trinajstić information content (AvgIpc) is 2.38. The Morgan fingerprint density at radius 3 is 2.53 bits per heavy atom. The van der Waals surface area contributed by atoms with E-state index in [4.69, 9.17) is 5.73 Å². The minimum Gasteiger partial charge on any atom is -0.508 e. The number of hydrogen-bond donors (Lipinski definition) is 2. The van der Waals surface area contributed by atoms with Crippen molar-refractivity contribution in [2.24, 2.45) is 0 Å². The number of aromatic hydroxyl groups is 1. The van der Waals surface area contributed by atoms with E-state index in [1.807, 2.05) is 12.1 Å². The summed E-state index contributed by atoms with van der Waals surface area (Å²) in [5.74, 6) is -0.00803. The van der Waals surface area contributed by atoms with Crippen LogP contribution in [-0.4, -0.2) is 18.1 Å². The maximum atomic E-state index is 12.4. The van der Waals surface area contributed by atoms with Gasteiger partial charge >= 0.3 is 0 Å². The average molecular weight is 256 g/mol. The van der Waals surface area contributed by atoms with Gasteiger partial charge in [0.15, 0.2) is 0 Å². The lowest BCUT2D eigenvalue weighted by atomic mass is 10.1. The summed E-state index contributed by atoms with van der Waals surface area (Å²) in [4.78, 5) is 13.9. The highest BCUT2D eigenvalue weighted by Crippen LogP contribution is 2.24. The van der Waals surface area contributed by atoms with Crippen LogP contribution < -0.4 is 10.6 Å². The summed E-state index contributed by atoms with van der Waals surface area (Å²) in [6.45, 7) is 1.79. The number of aryl methyl sites for hydroxylation is 1. The van der Waals surface area contributed by atoms with Crippen LogP contribution in [0.25, 0.3) is 0 Å². The van der Waals surface area contributed by atoms with Crippen molar-refractivity contribution in [3.8, 4) is 5.75 Å². The Bertz CT molecular complexity index is 623. The lowest BCUT2D eigenvalue weighted by Crippen LogP contribution is -2.27. The van der Waals surface area contributed by atoms with Crippen LogP contribution in [0.15, 0.2) is 42.5 Å². The Labute approximate surface area is 112 Å². The van der Waals surface area contributed by atoms with E-state index in [1.165, 1.54) is 11.0 Å². The fraction of sp³-hybridized carbons (Fsp3) is 0.133. The molecule has 0 aromatic heterocycles. The molecule has 0 aliphatic rings. The molecule has 4 nitrogen and oxygen atoms in total. The van der Waals surface area contributed by atoms with Crippen LogP contribution in [0.2, 0.25) is 0 Å². The van der Waals surface area contributed by atoms with E-state index in [1.54, 1.807) is 38.2 Å². The minimum absolute atomic E-state index is 0.149. The molecule has 1 amide bonds. The quantitative estimate of drug-likeness (QED) is 0.811. The predicted octanol–water partition coefficient (Wildman–Crippen LogP) is 2.56. The zero-order valence-corrected chi connectivity index (χ0v) is 10.9. The summed E-state index contributed by atoms with van der Waals surface area (Å²) in [6, 6.07) is 11.9. The van der Waals surface area contributed by atoms with E-state index in [2.05, 4.69) is 0 Å². The standard InChI is InChI=1S/C15H16N2O2/c1-10-9-11(18)7-8-12(10)15(19)17(2)14-6-4-3-5-13(14)16/h3-9,18H,16H2,1-2H3. The van der Waals surface area contributed by atoms with Crippen molar-refractivity contribution < 1.29 is 9.90 Å². The number of carbonyl (C=O) groups is 1. The first-order valence-electron chi connectivity index (χ1n) is 5.93. The molecule has 0 saturated heterocycles. The highest BCUT2D eigenvalue weighted by atomic mass is 16.3. The molecule has 0 heterocycles. The second-order valence-corrected chi connectivity index (χ2v) is 4.42. The van der Waals surface area contributed by atoms with Crippen LogP contribution in [0.5, 0.6) is 5.75 Å². The number of benzene rings is 2. The zero-order chi connectivity index (χ0) is 14.0. The second kappa shape index (κ2) is 5.02. The SMILES string of the molecule is Cc1cc(O)ccc1C(=O)N(C)c1ccccc1N. The summed E-state index contributed by atoms with van der Waals surface area (Å²) in [7, 11) is 1.68. The summed E-state index contributed by atoms with van der Waals surface area (Å²) in [6.07, 6.45) is 0. The molecule has 3 N–H and O–H groups in total. The number of carbonyl (C=O) groups excluding carboxylic acids is 1. The Hall–Kier alpha value is -2.49. The van der Waals surface area contributed by atoms with E-state index in [0.29, 0.717) is 16.9 Å². The normalized spacial score (nSPS) is 10.2. The van der Waals surface area contributed by atoms with Gasteiger partial charge in [-0.1, -0.05) is 12.1 Å². The molecule has 0 radical (unpaired) electrons. The molecule has 98 valence electrons. The van der Waals surface area contributed by atoms with E-state index >= 15 is 0 Å². The Balaban J connectivity index is 2.37. The Kier molecular flexibility index (Phi) is 3.42. The Morgan fingerprint density at radius 2 is 1.89 bits per heavy atom. The van der Waals surface area contributed by atoms with Crippen molar-refractivity contribution >= 4 is 17.3 Å². The van der Waals surface area contributed by atoms with E-state index in [0.717, 1.165) is 5.56 Å². The van der Waals surface area contributed by atoms with Gasteiger partial charge in [-0.15, -0.1) is 0 Å². The lowest BCUT2D eigenvalue weighted by Gasteiger charge is -2.20. The van der Waals surface area contributed by atoms with Gasteiger partial charge in [0.1, 0.15) is 5.75 Å². The molecule has 0 spiro atoms. The second-order valence-electron chi connectivity index (χ2n) is 4.42. The number of amides is 1. The van der Waals surface area contributed by atoms with Gasteiger partial charge in [0.2, 0.25) is 0 Å². The predicted molar refractivity (Wildman–Crippen MR) is 76.4 cm³/mol. The van der Waals surface area contributed by atoms with Crippen molar-refractivity contribution in [2.45, 2.75) is 6.92 Å². The molecule has 19 heavy (non-hydrogen) atoms. The third-order valence-electron chi connectivity index (χ3n) is 3.04. The van der Waals surface area contributed by atoms with Gasteiger partial charge < -0.3 is 15.7 Å². The monoisotopic (exact) mass is 256 g/mol. The number of nitrogens with two attached hydrogens (primary N) is 1. The Morgan fingerprint density at radius 1 is 1.21 bits per heavy atom. The topological polar surface area (TPSA) is 66.6 Å². The van der Waals surface area contributed by atoms with Crippen molar-refractivity contribution in [2.75, 3.05) is 17.7 Å². The summed E-state index contributed by atoms with van der Waals surface area (Å²) < 4.78 is 0. The summed E-state index contributed by atoms with van der Waals surface area (Å²) >= 11 is 0. The highest BCUT2D eigenvalue weighted by molar-refractivity contribution is 6.08. The number of hydrogen-bond acceptors (Lipinski definition) is 3. The van der Waals surface area contributed by atoms with Crippen LogP contribution in [0.3, 0.4) is 0 Å². The molecule has 0 saturated carbocycles. The lowest BCUT2D eigenvalue weighted by molar-refractivity contribution is 0.0992. The van der Waals surface area contributed by atoms with Gasteiger partial charge in [-0.05, 0) is 42.8 Å². The molecule has 2 rings (SSSR count). The third-order valence-corrected chi connectivity index (χ3v) is 3.04. The molecule has 0 bridgehead atoms. The van der Waals surface area contributed by atoms with Gasteiger partial charge in [0, 0.05) is 12.6 Å². The number of phenols is 1. The fourth-order valence-electron chi connectivity index (χ4n) is 1.97. The largest absolute Gasteiger partial charge is 0.508 e. The van der Waals surface area contributed by atoms with Crippen LogP contribution >= 0.6 is 0 Å². The van der Waals surface area contributed by atoms with Crippen molar-refractivity contribution in [3.05, 3.63) is 53.6 Å². The third kappa shape index (κ3) is 2.52. The molecule has 0 aliphatic carbocycles. The van der Waals surface area contributed by atoms with Crippen molar-refractivity contribution in [3.63, 3.8) is 0 Å². The number of nitrogen functional groups attached to an aromatic ring is 1. The first-order valence-corrected chi connectivity index (χ1v) is 5.93. The highest BCUT2D eigenvalue weighted by Gasteiger charge is 2.17. The van der Waals surface area contributed by atoms with Gasteiger partial charge in [-0.25, -0.2) is 0 Å². The summed E-state index contributed by atoms with van der Waals surface area (Å²) in [5.41, 5.74) is 8.36. The number of phenolic OH excluding ortho intramolecular Hbond substituents is 1. The molecular weight excluding hydrogens is 240 g/mol. The van der Waals surface area contributed by atoms with Crippen molar-refractivity contribution in [1.29, 1.82) is 0 Å². The molecular formula is C15H16N2O2. The molecule has 0 atom stereocenters. The van der Waals surface area contributed by atoms with Gasteiger partial charge in [0.25, 0.3) is 5.91 Å². The van der Waals surface area contributed by atoms with E-state index in [9.17, 15) is 9.90 Å². The van der Waals surface area contributed by atoms with Crippen molar-refractivity contribution in [1.82, 2.24) is 0 Å². The van der Waals surface area contributed by atoms with Crippen LogP contribution in [0, 0.1) is 6.92 Å². The van der Waals surface area contributed by atoms with E-state index < -0.39 is 0 Å². The minimum atomic E-state index is -0.157. The van der Waals surface area contributed by atoms with Gasteiger partial charge in [0.05, 0.1) is 11.4 Å². The summed E-state index contributed by atoms with van der Waals surface area (Å²) in [5, 5.41) is 9.37. The zero-order valence-electron chi connectivity index (χ0n) is 10.9. The first-order chi connectivity index (χ1) is 9.00. The van der Waals surface area contributed by atoms with Gasteiger partial charge in [-0.3, -0.25) is 4.79 Å². The number of rotatable bonds is 2. The molecule has 0 aliphatic heterocycles. The number of para-hydroxylation sites is 2. The smallest absolute Gasteiger partial charge is 0.258 e. The van der Waals surface area contributed by atoms with Gasteiger partial charge in [-0.2, -0.15) is 0 Å². The maximum absolute atomic E-state index is 12.4. The van der Waals surface area contributed by atoms with Crippen LogP contribution in [0.1, 0.15) is 15.9 Å². The maximum Gasteiger partial charge on any atom is 0.258 e. The van der Waals surface area contributed by atoms with Crippen LogP contribution in [-0.2, 0) is 0 Å². The fourth-order valence-corrected chi connectivity index (χ4v) is 1.97.